The molecule has 0 amide bonds. The van der Waals surface area contributed by atoms with Crippen LogP contribution in [0.3, 0.4) is 0 Å². The minimum absolute atomic E-state index is 0.222. The molecule has 0 N–H and O–H groups in total. The Morgan fingerprint density at radius 1 is 1.11 bits per heavy atom. The van der Waals surface area contributed by atoms with E-state index in [1.165, 1.54) is 0 Å². The summed E-state index contributed by atoms with van der Waals surface area (Å²) in [6.45, 7) is 7.46. The molecule has 1 rings (SSSR count). The lowest BCUT2D eigenvalue weighted by atomic mass is 9.94. The van der Waals surface area contributed by atoms with Gasteiger partial charge < -0.3 is 23.6 Å². The molecule has 0 bridgehead atoms. The molecule has 1 aromatic rings. The molecule has 0 heterocycles. The molecule has 0 atom stereocenters. The van der Waals surface area contributed by atoms with Gasteiger partial charge in [-0.15, -0.1) is 0 Å². The van der Waals surface area contributed by atoms with Gasteiger partial charge in [-0.2, -0.15) is 0 Å². The first-order chi connectivity index (χ1) is 8.72. The summed E-state index contributed by atoms with van der Waals surface area (Å²) in [5.41, 5.74) is 1.92. The van der Waals surface area contributed by atoms with Gasteiger partial charge in [0.25, 0.3) is 0 Å². The Balaban J connectivity index is 2.98. The lowest BCUT2D eigenvalue weighted by Gasteiger charge is -2.29. The highest BCUT2D eigenvalue weighted by Gasteiger charge is 2.15. The fourth-order valence-corrected chi connectivity index (χ4v) is 1.98. The predicted octanol–water partition coefficient (Wildman–Crippen LogP) is 2.11. The van der Waals surface area contributed by atoms with Gasteiger partial charge in [0.1, 0.15) is 5.75 Å². The highest BCUT2D eigenvalue weighted by Crippen LogP contribution is 2.35. The summed E-state index contributed by atoms with van der Waals surface area (Å²) in [5.74, 6) is 1.04. The number of para-hydroxylation sites is 1. The third-order valence-electron chi connectivity index (χ3n) is 2.73. The first kappa shape index (κ1) is 16.2. The molecule has 0 aliphatic heterocycles. The second-order valence-electron chi connectivity index (χ2n) is 4.91. The Morgan fingerprint density at radius 3 is 1.95 bits per heavy atom. The Labute approximate surface area is 113 Å². The van der Waals surface area contributed by atoms with Crippen molar-refractivity contribution in [3.8, 4) is 5.75 Å². The number of phosphoric acid groups is 1. The van der Waals surface area contributed by atoms with Gasteiger partial charge in [0.15, 0.2) is 6.79 Å². The van der Waals surface area contributed by atoms with E-state index in [4.69, 9.17) is 4.74 Å². The zero-order valence-electron chi connectivity index (χ0n) is 11.6. The Morgan fingerprint density at radius 2 is 1.58 bits per heavy atom. The standard InChI is InChI=1S/C13H21O5P/c1-9(2)11-6-5-7-12(10(3)4)13(11)17-8-18-19(14,15)16/h5-7,9-10H,8H2,1-4H3,(H2,14,15,16)/p-2. The van der Waals surface area contributed by atoms with E-state index in [1.54, 1.807) is 0 Å². The van der Waals surface area contributed by atoms with E-state index < -0.39 is 14.6 Å². The van der Waals surface area contributed by atoms with E-state index in [9.17, 15) is 14.4 Å². The van der Waals surface area contributed by atoms with Crippen LogP contribution in [0.25, 0.3) is 0 Å². The number of rotatable bonds is 6. The molecule has 0 fully saturated rings. The maximum absolute atomic E-state index is 10.4. The van der Waals surface area contributed by atoms with E-state index in [0.717, 1.165) is 11.1 Å². The van der Waals surface area contributed by atoms with Crippen LogP contribution in [0.2, 0.25) is 0 Å². The van der Waals surface area contributed by atoms with Crippen LogP contribution in [0.4, 0.5) is 0 Å². The third kappa shape index (κ3) is 4.96. The van der Waals surface area contributed by atoms with Crippen molar-refractivity contribution in [1.29, 1.82) is 0 Å². The van der Waals surface area contributed by atoms with Crippen molar-refractivity contribution in [2.75, 3.05) is 6.79 Å². The van der Waals surface area contributed by atoms with Crippen LogP contribution in [-0.4, -0.2) is 6.79 Å². The summed E-state index contributed by atoms with van der Waals surface area (Å²) in [4.78, 5) is 20.9. The van der Waals surface area contributed by atoms with Crippen molar-refractivity contribution in [3.05, 3.63) is 29.3 Å². The van der Waals surface area contributed by atoms with Crippen LogP contribution in [0, 0.1) is 0 Å². The second kappa shape index (κ2) is 6.53. The van der Waals surface area contributed by atoms with E-state index in [2.05, 4.69) is 4.52 Å². The molecule has 0 aliphatic rings. The first-order valence-corrected chi connectivity index (χ1v) is 7.60. The topological polar surface area (TPSA) is 81.7 Å². The van der Waals surface area contributed by atoms with E-state index in [-0.39, 0.29) is 11.8 Å². The summed E-state index contributed by atoms with van der Waals surface area (Å²) in [5, 5.41) is 0. The van der Waals surface area contributed by atoms with Gasteiger partial charge in [-0.1, -0.05) is 45.9 Å². The molecular formula is C13H19O5P-2. The zero-order valence-corrected chi connectivity index (χ0v) is 12.5. The van der Waals surface area contributed by atoms with Gasteiger partial charge in [-0.05, 0) is 23.0 Å². The van der Waals surface area contributed by atoms with E-state index in [0.29, 0.717) is 5.75 Å². The molecule has 0 radical (unpaired) electrons. The van der Waals surface area contributed by atoms with Gasteiger partial charge in [0.05, 0.1) is 7.82 Å². The summed E-state index contributed by atoms with van der Waals surface area (Å²) in [6.07, 6.45) is 0. The fraction of sp³-hybridized carbons (Fsp3) is 0.538. The summed E-state index contributed by atoms with van der Waals surface area (Å²) >= 11 is 0. The van der Waals surface area contributed by atoms with Gasteiger partial charge in [0, 0.05) is 0 Å². The smallest absolute Gasteiger partial charge is 0.193 e. The summed E-state index contributed by atoms with van der Waals surface area (Å²) in [6, 6.07) is 5.77. The van der Waals surface area contributed by atoms with Gasteiger partial charge in [-0.3, -0.25) is 0 Å². The van der Waals surface area contributed by atoms with Crippen LogP contribution in [-0.2, 0) is 9.09 Å². The molecule has 19 heavy (non-hydrogen) atoms. The molecule has 0 aromatic heterocycles. The molecule has 108 valence electrons. The number of benzene rings is 1. The molecule has 0 aliphatic carbocycles. The van der Waals surface area contributed by atoms with Crippen molar-refractivity contribution < 1.29 is 23.6 Å². The lowest BCUT2D eigenvalue weighted by molar-refractivity contribution is -0.344. The molecule has 0 saturated heterocycles. The first-order valence-electron chi connectivity index (χ1n) is 6.14. The van der Waals surface area contributed by atoms with Crippen molar-refractivity contribution in [2.45, 2.75) is 39.5 Å². The maximum Gasteiger partial charge on any atom is 0.193 e. The predicted molar refractivity (Wildman–Crippen MR) is 68.8 cm³/mol. The molecule has 0 saturated carbocycles. The highest BCUT2D eigenvalue weighted by atomic mass is 31.2. The van der Waals surface area contributed by atoms with Crippen LogP contribution >= 0.6 is 7.82 Å². The van der Waals surface area contributed by atoms with Gasteiger partial charge in [-0.25, -0.2) is 0 Å². The van der Waals surface area contributed by atoms with Gasteiger partial charge in [0.2, 0.25) is 0 Å². The molecule has 0 unspecified atom stereocenters. The number of phosphoric ester groups is 1. The van der Waals surface area contributed by atoms with Crippen LogP contribution in [0.5, 0.6) is 5.75 Å². The maximum atomic E-state index is 10.4. The number of ether oxygens (including phenoxy) is 1. The van der Waals surface area contributed by atoms with E-state index >= 15 is 0 Å². The van der Waals surface area contributed by atoms with Crippen molar-refractivity contribution in [2.24, 2.45) is 0 Å². The van der Waals surface area contributed by atoms with Crippen molar-refractivity contribution in [1.82, 2.24) is 0 Å². The van der Waals surface area contributed by atoms with E-state index in [1.807, 2.05) is 45.9 Å². The van der Waals surface area contributed by atoms with Crippen LogP contribution in [0.15, 0.2) is 18.2 Å². The zero-order chi connectivity index (χ0) is 14.6. The quantitative estimate of drug-likeness (QED) is 0.591. The molecule has 1 aromatic carbocycles. The fourth-order valence-electron chi connectivity index (χ4n) is 1.80. The van der Waals surface area contributed by atoms with Crippen LogP contribution in [0.1, 0.15) is 50.7 Å². The normalized spacial score (nSPS) is 12.2. The number of hydrogen-bond donors (Lipinski definition) is 0. The Hall–Kier alpha value is -0.870. The average Bonchev–Trinajstić information content (AvgIpc) is 2.26. The van der Waals surface area contributed by atoms with Crippen LogP contribution < -0.4 is 14.5 Å². The number of hydrogen-bond acceptors (Lipinski definition) is 5. The molecule has 5 nitrogen and oxygen atoms in total. The average molecular weight is 286 g/mol. The lowest BCUT2D eigenvalue weighted by Crippen LogP contribution is -2.19. The van der Waals surface area contributed by atoms with Crippen molar-refractivity contribution >= 4 is 7.82 Å². The second-order valence-corrected chi connectivity index (χ2v) is 6.07. The summed E-state index contributed by atoms with van der Waals surface area (Å²) in [7, 11) is -5.01. The highest BCUT2D eigenvalue weighted by molar-refractivity contribution is 7.43. The van der Waals surface area contributed by atoms with Gasteiger partial charge >= 0.3 is 0 Å². The largest absolute Gasteiger partial charge is 0.790 e. The molecular weight excluding hydrogens is 267 g/mol. The minimum atomic E-state index is -5.01. The third-order valence-corrected chi connectivity index (χ3v) is 3.16. The summed E-state index contributed by atoms with van der Waals surface area (Å²) < 4.78 is 19.9. The minimum Gasteiger partial charge on any atom is -0.790 e. The SMILES string of the molecule is CC(C)c1cccc(C(C)C)c1OCOP(=O)([O-])[O-]. The Bertz CT molecular complexity index is 438. The molecule has 0 spiro atoms. The Kier molecular flexibility index (Phi) is 5.56. The molecule has 6 heteroatoms. The van der Waals surface area contributed by atoms with Crippen molar-refractivity contribution in [3.63, 3.8) is 0 Å². The monoisotopic (exact) mass is 286 g/mol.